The van der Waals surface area contributed by atoms with Gasteiger partial charge in [-0.05, 0) is 46.4 Å². The van der Waals surface area contributed by atoms with Crippen molar-refractivity contribution >= 4 is 16.7 Å². The first kappa shape index (κ1) is 20.1. The van der Waals surface area contributed by atoms with Gasteiger partial charge in [0.05, 0.1) is 13.2 Å². The average Bonchev–Trinajstić information content (AvgIpc) is 3.64. The summed E-state index contributed by atoms with van der Waals surface area (Å²) in [6, 6.07) is 28.8. The first-order valence-electron chi connectivity index (χ1n) is 10.9. The molecule has 1 aliphatic rings. The number of ether oxygens (including phenoxy) is 1. The molecule has 3 atom stereocenters. The normalized spacial score (nSPS) is 18.2. The van der Waals surface area contributed by atoms with Crippen LogP contribution in [0, 0.1) is 5.92 Å². The Balaban J connectivity index is 1.49. The molecule has 0 aromatic heterocycles. The summed E-state index contributed by atoms with van der Waals surface area (Å²) in [5.41, 5.74) is 2.72. The highest BCUT2D eigenvalue weighted by Crippen LogP contribution is 2.51. The molecule has 4 nitrogen and oxygen atoms in total. The minimum Gasteiger partial charge on any atom is -0.508 e. The van der Waals surface area contributed by atoms with Crippen LogP contribution >= 0.6 is 0 Å². The molecular formula is C28H25NO3. The largest absolute Gasteiger partial charge is 0.508 e. The van der Waals surface area contributed by atoms with Crippen LogP contribution in [0.5, 0.6) is 11.5 Å². The standard InChI is InChI=1S/C28H25NO3/c1-32-25-14-8-7-13-21(25)22-17-23(22)28(31)29-27(19-10-3-2-4-11-19)26-20-12-6-5-9-18(20)15-16-24(26)30/h2-16,22-23,27,30H,17H2,1H3,(H,29,31)/t22-,23+,27-/m0/s1. The van der Waals surface area contributed by atoms with Crippen molar-refractivity contribution in [2.75, 3.05) is 7.11 Å². The molecule has 0 bridgehead atoms. The number of phenolic OH excluding ortho intramolecular Hbond substituents is 1. The van der Waals surface area contributed by atoms with Crippen LogP contribution in [0.3, 0.4) is 0 Å². The van der Waals surface area contributed by atoms with Crippen LogP contribution in [0.4, 0.5) is 0 Å². The van der Waals surface area contributed by atoms with Crippen molar-refractivity contribution in [2.24, 2.45) is 5.92 Å². The number of carbonyl (C=O) groups excluding carboxylic acids is 1. The lowest BCUT2D eigenvalue weighted by molar-refractivity contribution is -0.122. The number of carbonyl (C=O) groups is 1. The molecule has 2 N–H and O–H groups in total. The summed E-state index contributed by atoms with van der Waals surface area (Å²) in [7, 11) is 1.66. The lowest BCUT2D eigenvalue weighted by atomic mass is 9.92. The summed E-state index contributed by atoms with van der Waals surface area (Å²) in [6.45, 7) is 0. The van der Waals surface area contributed by atoms with Crippen molar-refractivity contribution in [1.29, 1.82) is 0 Å². The predicted molar refractivity (Wildman–Crippen MR) is 126 cm³/mol. The second kappa shape index (κ2) is 8.39. The van der Waals surface area contributed by atoms with E-state index in [9.17, 15) is 9.90 Å². The second-order valence-electron chi connectivity index (χ2n) is 8.26. The van der Waals surface area contributed by atoms with Gasteiger partial charge in [-0.2, -0.15) is 0 Å². The van der Waals surface area contributed by atoms with E-state index in [4.69, 9.17) is 4.74 Å². The van der Waals surface area contributed by atoms with Crippen molar-refractivity contribution < 1.29 is 14.6 Å². The summed E-state index contributed by atoms with van der Waals surface area (Å²) in [6.07, 6.45) is 0.787. The van der Waals surface area contributed by atoms with E-state index >= 15 is 0 Å². The average molecular weight is 424 g/mol. The lowest BCUT2D eigenvalue weighted by Gasteiger charge is -2.23. The highest BCUT2D eigenvalue weighted by Gasteiger charge is 2.46. The maximum Gasteiger partial charge on any atom is 0.224 e. The van der Waals surface area contributed by atoms with Crippen molar-refractivity contribution in [2.45, 2.75) is 18.4 Å². The van der Waals surface area contributed by atoms with Crippen molar-refractivity contribution in [3.05, 3.63) is 108 Å². The molecule has 0 heterocycles. The van der Waals surface area contributed by atoms with E-state index in [1.165, 1.54) is 0 Å². The SMILES string of the molecule is COc1ccccc1[C@@H]1C[C@H]1C(=O)N[C@@H](c1ccccc1)c1c(O)ccc2ccccc12. The Morgan fingerprint density at radius 3 is 2.47 bits per heavy atom. The van der Waals surface area contributed by atoms with E-state index in [0.717, 1.165) is 39.6 Å². The van der Waals surface area contributed by atoms with Gasteiger partial charge in [0.25, 0.3) is 0 Å². The molecular weight excluding hydrogens is 398 g/mol. The molecule has 0 unspecified atom stereocenters. The Kier molecular flexibility index (Phi) is 5.28. The Bertz CT molecular complexity index is 1270. The van der Waals surface area contributed by atoms with Gasteiger partial charge >= 0.3 is 0 Å². The molecule has 4 aromatic rings. The summed E-state index contributed by atoms with van der Waals surface area (Å²) in [5, 5.41) is 16.0. The Morgan fingerprint density at radius 1 is 0.938 bits per heavy atom. The van der Waals surface area contributed by atoms with E-state index in [2.05, 4.69) is 5.32 Å². The van der Waals surface area contributed by atoms with Crippen molar-refractivity contribution in [1.82, 2.24) is 5.32 Å². The van der Waals surface area contributed by atoms with Crippen LogP contribution < -0.4 is 10.1 Å². The zero-order valence-electron chi connectivity index (χ0n) is 17.9. The summed E-state index contributed by atoms with van der Waals surface area (Å²) >= 11 is 0. The molecule has 32 heavy (non-hydrogen) atoms. The monoisotopic (exact) mass is 423 g/mol. The van der Waals surface area contributed by atoms with Crippen LogP contribution in [-0.4, -0.2) is 18.1 Å². The third-order valence-corrected chi connectivity index (χ3v) is 6.32. The molecule has 4 aromatic carbocycles. The number of para-hydroxylation sites is 1. The zero-order valence-corrected chi connectivity index (χ0v) is 17.9. The minimum atomic E-state index is -0.450. The van der Waals surface area contributed by atoms with Gasteiger partial charge < -0.3 is 15.2 Å². The Labute approximate surface area is 187 Å². The van der Waals surface area contributed by atoms with Crippen LogP contribution in [-0.2, 0) is 4.79 Å². The van der Waals surface area contributed by atoms with Crippen LogP contribution in [0.25, 0.3) is 10.8 Å². The van der Waals surface area contributed by atoms with E-state index < -0.39 is 6.04 Å². The van der Waals surface area contributed by atoms with Gasteiger partial charge in [-0.25, -0.2) is 0 Å². The number of nitrogens with one attached hydrogen (secondary N) is 1. The quantitative estimate of drug-likeness (QED) is 0.427. The number of rotatable bonds is 6. The Hall–Kier alpha value is -3.79. The fourth-order valence-corrected chi connectivity index (χ4v) is 4.61. The lowest BCUT2D eigenvalue weighted by Crippen LogP contribution is -2.31. The number of hydrogen-bond donors (Lipinski definition) is 2. The van der Waals surface area contributed by atoms with Gasteiger partial charge in [0.15, 0.2) is 0 Å². The van der Waals surface area contributed by atoms with Gasteiger partial charge in [-0.3, -0.25) is 4.79 Å². The third-order valence-electron chi connectivity index (χ3n) is 6.32. The number of benzene rings is 4. The van der Waals surface area contributed by atoms with Gasteiger partial charge in [-0.15, -0.1) is 0 Å². The molecule has 1 saturated carbocycles. The van der Waals surface area contributed by atoms with Gasteiger partial charge in [0.1, 0.15) is 11.5 Å². The topological polar surface area (TPSA) is 58.6 Å². The molecule has 160 valence electrons. The highest BCUT2D eigenvalue weighted by molar-refractivity contribution is 5.90. The number of aromatic hydroxyl groups is 1. The summed E-state index contributed by atoms with van der Waals surface area (Å²) in [4.78, 5) is 13.4. The number of hydrogen-bond acceptors (Lipinski definition) is 3. The molecule has 0 spiro atoms. The minimum absolute atomic E-state index is 0.0120. The number of methoxy groups -OCH3 is 1. The summed E-state index contributed by atoms with van der Waals surface area (Å²) in [5.74, 6) is 1.01. The molecule has 0 aliphatic heterocycles. The number of amides is 1. The van der Waals surface area contributed by atoms with Gasteiger partial charge in [0, 0.05) is 11.5 Å². The Morgan fingerprint density at radius 2 is 1.66 bits per heavy atom. The van der Waals surface area contributed by atoms with Crippen molar-refractivity contribution in [3.63, 3.8) is 0 Å². The van der Waals surface area contributed by atoms with Crippen LogP contribution in [0.15, 0.2) is 91.0 Å². The molecule has 1 aliphatic carbocycles. The zero-order chi connectivity index (χ0) is 22.1. The molecule has 4 heteroatoms. The fourth-order valence-electron chi connectivity index (χ4n) is 4.61. The van der Waals surface area contributed by atoms with E-state index in [0.29, 0.717) is 0 Å². The first-order valence-corrected chi connectivity index (χ1v) is 10.9. The molecule has 1 fully saturated rings. The van der Waals surface area contributed by atoms with Gasteiger partial charge in [0.2, 0.25) is 5.91 Å². The number of fused-ring (bicyclic) bond motifs is 1. The summed E-state index contributed by atoms with van der Waals surface area (Å²) < 4.78 is 5.49. The third kappa shape index (κ3) is 3.69. The van der Waals surface area contributed by atoms with E-state index in [1.807, 2.05) is 84.9 Å². The predicted octanol–water partition coefficient (Wildman–Crippen LogP) is 5.56. The van der Waals surface area contributed by atoms with Crippen LogP contribution in [0.1, 0.15) is 35.1 Å². The second-order valence-corrected chi connectivity index (χ2v) is 8.26. The first-order chi connectivity index (χ1) is 15.7. The molecule has 0 saturated heterocycles. The molecule has 5 rings (SSSR count). The van der Waals surface area contributed by atoms with E-state index in [1.54, 1.807) is 13.2 Å². The fraction of sp³-hybridized carbons (Fsp3) is 0.179. The van der Waals surface area contributed by atoms with E-state index in [-0.39, 0.29) is 23.5 Å². The maximum atomic E-state index is 13.4. The van der Waals surface area contributed by atoms with Crippen LogP contribution in [0.2, 0.25) is 0 Å². The van der Waals surface area contributed by atoms with Gasteiger partial charge in [-0.1, -0.05) is 78.9 Å². The highest BCUT2D eigenvalue weighted by atomic mass is 16.5. The van der Waals surface area contributed by atoms with Crippen molar-refractivity contribution in [3.8, 4) is 11.5 Å². The number of phenols is 1. The molecule has 1 amide bonds. The smallest absolute Gasteiger partial charge is 0.224 e. The maximum absolute atomic E-state index is 13.4. The molecule has 0 radical (unpaired) electrons.